The zero-order valence-electron chi connectivity index (χ0n) is 12.6. The number of unbranched alkanes of at least 4 members (excludes halogenated alkanes) is 14. The van der Waals surface area contributed by atoms with Crippen LogP contribution in [-0.4, -0.2) is 0 Å². The number of hydrogen-bond acceptors (Lipinski definition) is 0. The fraction of sp³-hybridized carbons (Fsp3) is 0.833. The van der Waals surface area contributed by atoms with Crippen molar-refractivity contribution in [3.05, 3.63) is 6.42 Å². The van der Waals surface area contributed by atoms with Gasteiger partial charge in [-0.05, 0) is 12.8 Å². The van der Waals surface area contributed by atoms with Gasteiger partial charge in [0.2, 0.25) is 0 Å². The highest BCUT2D eigenvalue weighted by molar-refractivity contribution is 4.82. The summed E-state index contributed by atoms with van der Waals surface area (Å²) in [6.07, 6.45) is 26.6. The van der Waals surface area contributed by atoms with E-state index in [1.807, 2.05) is 0 Å². The third kappa shape index (κ3) is 15.6. The summed E-state index contributed by atoms with van der Waals surface area (Å²) in [5.41, 5.74) is 0. The smallest absolute Gasteiger partial charge is 0.00860 e. The van der Waals surface area contributed by atoms with Crippen molar-refractivity contribution in [2.45, 2.75) is 96.8 Å². The van der Waals surface area contributed by atoms with E-state index in [0.29, 0.717) is 0 Å². The molecule has 0 aliphatic heterocycles. The zero-order valence-corrected chi connectivity index (χ0v) is 12.6. The van der Waals surface area contributed by atoms with Crippen LogP contribution in [0.3, 0.4) is 0 Å². The molecule has 0 amide bonds. The van der Waals surface area contributed by atoms with Crippen molar-refractivity contribution in [3.8, 4) is 12.3 Å². The third-order valence-corrected chi connectivity index (χ3v) is 3.56. The summed E-state index contributed by atoms with van der Waals surface area (Å²) in [4.78, 5) is 0. The quantitative estimate of drug-likeness (QED) is 0.250. The lowest BCUT2D eigenvalue weighted by atomic mass is 10.0. The van der Waals surface area contributed by atoms with Gasteiger partial charge in [-0.15, -0.1) is 12.3 Å². The third-order valence-electron chi connectivity index (χ3n) is 3.56. The lowest BCUT2D eigenvalue weighted by molar-refractivity contribution is 0.541. The summed E-state index contributed by atoms with van der Waals surface area (Å²) in [5, 5.41) is 0. The standard InChI is InChI=1S/C18H33/c1-3-5-7-9-11-13-15-17-18-16-14-12-10-8-6-4-2/h1,4H,5-18H2,2H3. The Kier molecular flexibility index (Phi) is 16.2. The van der Waals surface area contributed by atoms with Gasteiger partial charge in [0, 0.05) is 6.42 Å². The predicted molar refractivity (Wildman–Crippen MR) is 83.4 cm³/mol. The molecule has 0 aromatic rings. The average molecular weight is 249 g/mol. The molecule has 0 aliphatic carbocycles. The summed E-state index contributed by atoms with van der Waals surface area (Å²) in [5.74, 6) is 2.71. The van der Waals surface area contributed by atoms with Gasteiger partial charge in [-0.2, -0.15) is 0 Å². The fourth-order valence-corrected chi connectivity index (χ4v) is 2.34. The Bertz CT molecular complexity index is 175. The Morgan fingerprint density at radius 3 is 1.44 bits per heavy atom. The van der Waals surface area contributed by atoms with Crippen molar-refractivity contribution < 1.29 is 0 Å². The Morgan fingerprint density at radius 2 is 1.06 bits per heavy atom. The lowest BCUT2D eigenvalue weighted by Gasteiger charge is -2.02. The van der Waals surface area contributed by atoms with Crippen LogP contribution in [0, 0.1) is 18.8 Å². The van der Waals surface area contributed by atoms with E-state index in [9.17, 15) is 0 Å². The highest BCUT2D eigenvalue weighted by Crippen LogP contribution is 2.12. The molecule has 0 saturated heterocycles. The van der Waals surface area contributed by atoms with E-state index in [1.165, 1.54) is 83.5 Å². The molecular formula is C18H33. The number of rotatable bonds is 14. The van der Waals surface area contributed by atoms with Crippen LogP contribution in [0.1, 0.15) is 96.8 Å². The molecular weight excluding hydrogens is 216 g/mol. The van der Waals surface area contributed by atoms with Crippen LogP contribution in [0.2, 0.25) is 0 Å². The van der Waals surface area contributed by atoms with E-state index < -0.39 is 0 Å². The summed E-state index contributed by atoms with van der Waals surface area (Å²) < 4.78 is 0. The summed E-state index contributed by atoms with van der Waals surface area (Å²) >= 11 is 0. The molecule has 0 saturated carbocycles. The van der Waals surface area contributed by atoms with Gasteiger partial charge >= 0.3 is 0 Å². The van der Waals surface area contributed by atoms with E-state index in [4.69, 9.17) is 6.42 Å². The van der Waals surface area contributed by atoms with E-state index in [1.54, 1.807) is 0 Å². The molecule has 0 fully saturated rings. The molecule has 0 aromatic heterocycles. The molecule has 0 heterocycles. The normalized spacial score (nSPS) is 10.4. The average Bonchev–Trinajstić information content (AvgIpc) is 2.39. The van der Waals surface area contributed by atoms with Crippen molar-refractivity contribution in [1.82, 2.24) is 0 Å². The van der Waals surface area contributed by atoms with Crippen LogP contribution >= 0.6 is 0 Å². The fourth-order valence-electron chi connectivity index (χ4n) is 2.34. The largest absolute Gasteiger partial charge is 0.120 e. The van der Waals surface area contributed by atoms with Crippen molar-refractivity contribution >= 4 is 0 Å². The number of hydrogen-bond donors (Lipinski definition) is 0. The molecule has 0 spiro atoms. The van der Waals surface area contributed by atoms with Crippen LogP contribution < -0.4 is 0 Å². The first-order valence-electron chi connectivity index (χ1n) is 8.13. The van der Waals surface area contributed by atoms with Crippen LogP contribution in [0.4, 0.5) is 0 Å². The molecule has 18 heavy (non-hydrogen) atoms. The molecule has 0 unspecified atom stereocenters. The van der Waals surface area contributed by atoms with Crippen LogP contribution in [-0.2, 0) is 0 Å². The van der Waals surface area contributed by atoms with Crippen LogP contribution in [0.15, 0.2) is 0 Å². The van der Waals surface area contributed by atoms with Crippen molar-refractivity contribution in [2.75, 3.05) is 0 Å². The minimum Gasteiger partial charge on any atom is -0.120 e. The maximum atomic E-state index is 5.22. The maximum Gasteiger partial charge on any atom is 0.00860 e. The molecule has 0 bridgehead atoms. The van der Waals surface area contributed by atoms with Gasteiger partial charge in [-0.25, -0.2) is 0 Å². The Hall–Kier alpha value is -0.440. The van der Waals surface area contributed by atoms with Crippen molar-refractivity contribution in [2.24, 2.45) is 0 Å². The SMILES string of the molecule is C#CCCCCCCCCCCCCCC[CH]C. The molecule has 1 radical (unpaired) electrons. The van der Waals surface area contributed by atoms with Gasteiger partial charge in [0.1, 0.15) is 0 Å². The number of terminal acetylenes is 1. The van der Waals surface area contributed by atoms with Gasteiger partial charge in [0.15, 0.2) is 0 Å². The highest BCUT2D eigenvalue weighted by atomic mass is 14.0. The maximum absolute atomic E-state index is 5.22. The van der Waals surface area contributed by atoms with E-state index in [-0.39, 0.29) is 0 Å². The molecule has 0 rings (SSSR count). The van der Waals surface area contributed by atoms with Crippen LogP contribution in [0.5, 0.6) is 0 Å². The first kappa shape index (κ1) is 17.6. The minimum absolute atomic E-state index is 0.968. The van der Waals surface area contributed by atoms with Gasteiger partial charge in [-0.1, -0.05) is 84.0 Å². The van der Waals surface area contributed by atoms with E-state index in [2.05, 4.69) is 19.3 Å². The minimum atomic E-state index is 0.968. The summed E-state index contributed by atoms with van der Waals surface area (Å²) in [7, 11) is 0. The Morgan fingerprint density at radius 1 is 0.667 bits per heavy atom. The second-order valence-corrected chi connectivity index (χ2v) is 5.39. The van der Waals surface area contributed by atoms with Gasteiger partial charge in [0.05, 0.1) is 0 Å². The van der Waals surface area contributed by atoms with Crippen molar-refractivity contribution in [3.63, 3.8) is 0 Å². The van der Waals surface area contributed by atoms with Crippen molar-refractivity contribution in [1.29, 1.82) is 0 Å². The molecule has 105 valence electrons. The molecule has 0 aromatic carbocycles. The molecule has 0 heteroatoms. The zero-order chi connectivity index (χ0) is 13.3. The second-order valence-electron chi connectivity index (χ2n) is 5.39. The molecule has 0 nitrogen and oxygen atoms in total. The first-order valence-corrected chi connectivity index (χ1v) is 8.13. The molecule has 0 aliphatic rings. The topological polar surface area (TPSA) is 0 Å². The predicted octanol–water partition coefficient (Wildman–Crippen LogP) is 6.31. The Labute approximate surface area is 116 Å². The van der Waals surface area contributed by atoms with Crippen LogP contribution in [0.25, 0.3) is 0 Å². The molecule has 0 N–H and O–H groups in total. The second kappa shape index (κ2) is 16.6. The summed E-state index contributed by atoms with van der Waals surface area (Å²) in [6, 6.07) is 0. The van der Waals surface area contributed by atoms with Gasteiger partial charge in [0.25, 0.3) is 0 Å². The first-order chi connectivity index (χ1) is 8.91. The van der Waals surface area contributed by atoms with Gasteiger partial charge in [-0.3, -0.25) is 0 Å². The molecule has 0 atom stereocenters. The lowest BCUT2D eigenvalue weighted by Crippen LogP contribution is -1.83. The van der Waals surface area contributed by atoms with E-state index in [0.717, 1.165) is 6.42 Å². The van der Waals surface area contributed by atoms with Gasteiger partial charge < -0.3 is 0 Å². The monoisotopic (exact) mass is 249 g/mol. The van der Waals surface area contributed by atoms with E-state index >= 15 is 0 Å². The summed E-state index contributed by atoms with van der Waals surface area (Å²) in [6.45, 7) is 2.16. The highest BCUT2D eigenvalue weighted by Gasteiger charge is 1.93. The Balaban J connectivity index is 2.89.